The number of para-hydroxylation sites is 1. The highest BCUT2D eigenvalue weighted by atomic mass is 16.5. The molecule has 7 nitrogen and oxygen atoms in total. The van der Waals surface area contributed by atoms with E-state index in [2.05, 4.69) is 15.5 Å². The zero-order valence-electron chi connectivity index (χ0n) is 14.4. The van der Waals surface area contributed by atoms with Crippen molar-refractivity contribution in [2.45, 2.75) is 39.7 Å². The maximum Gasteiger partial charge on any atom is 0.361 e. The van der Waals surface area contributed by atoms with Crippen LogP contribution < -0.4 is 5.32 Å². The number of aryl methyl sites for hydroxylation is 1. The van der Waals surface area contributed by atoms with E-state index in [0.717, 1.165) is 12.1 Å². The second kappa shape index (κ2) is 7.25. The van der Waals surface area contributed by atoms with Gasteiger partial charge in [0.05, 0.1) is 11.4 Å². The Hall–Kier alpha value is -2.70. The molecule has 7 heteroatoms. The Labute approximate surface area is 141 Å². The van der Waals surface area contributed by atoms with Gasteiger partial charge in [-0.05, 0) is 39.3 Å². The molecule has 1 N–H and O–H groups in total. The van der Waals surface area contributed by atoms with Crippen molar-refractivity contribution in [3.63, 3.8) is 0 Å². The summed E-state index contributed by atoms with van der Waals surface area (Å²) in [5, 5.41) is 11.2. The van der Waals surface area contributed by atoms with Gasteiger partial charge in [-0.25, -0.2) is 4.79 Å². The summed E-state index contributed by atoms with van der Waals surface area (Å²) in [5.41, 5.74) is 0.942. The molecule has 0 aliphatic rings. The Bertz CT molecular complexity index is 723. The standard InChI is InChI=1S/C17H22N4O3/c1-5-17(3,4)18-14(22)11-24-16(23)15-12(2)19-21(20-15)13-9-7-6-8-10-13/h6-10H,5,11H2,1-4H3,(H,18,22). The van der Waals surface area contributed by atoms with Crippen molar-refractivity contribution in [1.82, 2.24) is 20.3 Å². The van der Waals surface area contributed by atoms with Gasteiger partial charge in [-0.1, -0.05) is 25.1 Å². The van der Waals surface area contributed by atoms with Crippen molar-refractivity contribution in [1.29, 1.82) is 0 Å². The molecular weight excluding hydrogens is 308 g/mol. The van der Waals surface area contributed by atoms with E-state index in [4.69, 9.17) is 4.74 Å². The molecule has 24 heavy (non-hydrogen) atoms. The van der Waals surface area contributed by atoms with E-state index >= 15 is 0 Å². The number of benzene rings is 1. The van der Waals surface area contributed by atoms with Crippen LogP contribution in [-0.4, -0.2) is 39.0 Å². The van der Waals surface area contributed by atoms with E-state index in [1.54, 1.807) is 6.92 Å². The van der Waals surface area contributed by atoms with Crippen LogP contribution in [0.3, 0.4) is 0 Å². The Morgan fingerprint density at radius 2 is 1.88 bits per heavy atom. The summed E-state index contributed by atoms with van der Waals surface area (Å²) in [4.78, 5) is 25.3. The summed E-state index contributed by atoms with van der Waals surface area (Å²) in [7, 11) is 0. The van der Waals surface area contributed by atoms with Crippen LogP contribution in [-0.2, 0) is 9.53 Å². The fraction of sp³-hybridized carbons (Fsp3) is 0.412. The van der Waals surface area contributed by atoms with Gasteiger partial charge in [0.1, 0.15) is 0 Å². The molecule has 0 atom stereocenters. The van der Waals surface area contributed by atoms with Crippen LogP contribution in [0.15, 0.2) is 30.3 Å². The van der Waals surface area contributed by atoms with E-state index in [1.807, 2.05) is 51.1 Å². The molecule has 0 radical (unpaired) electrons. The number of carbonyl (C=O) groups is 2. The van der Waals surface area contributed by atoms with Gasteiger partial charge in [0.15, 0.2) is 12.3 Å². The average Bonchev–Trinajstić information content (AvgIpc) is 2.95. The minimum Gasteiger partial charge on any atom is -0.451 e. The lowest BCUT2D eigenvalue weighted by Gasteiger charge is -2.24. The molecule has 1 aromatic heterocycles. The number of nitrogens with one attached hydrogen (secondary N) is 1. The fourth-order valence-electron chi connectivity index (χ4n) is 1.95. The summed E-state index contributed by atoms with van der Waals surface area (Å²) >= 11 is 0. The average molecular weight is 330 g/mol. The Morgan fingerprint density at radius 3 is 2.50 bits per heavy atom. The van der Waals surface area contributed by atoms with E-state index in [-0.39, 0.29) is 23.7 Å². The highest BCUT2D eigenvalue weighted by Crippen LogP contribution is 2.10. The van der Waals surface area contributed by atoms with Crippen LogP contribution >= 0.6 is 0 Å². The van der Waals surface area contributed by atoms with Crippen LogP contribution in [0.5, 0.6) is 0 Å². The number of esters is 1. The van der Waals surface area contributed by atoms with E-state index < -0.39 is 5.97 Å². The molecule has 0 aliphatic carbocycles. The number of carbonyl (C=O) groups excluding carboxylic acids is 2. The van der Waals surface area contributed by atoms with Crippen molar-refractivity contribution in [3.8, 4) is 5.69 Å². The molecule has 0 fully saturated rings. The highest BCUT2D eigenvalue weighted by Gasteiger charge is 2.21. The van der Waals surface area contributed by atoms with E-state index in [0.29, 0.717) is 5.69 Å². The minimum absolute atomic E-state index is 0.0985. The Morgan fingerprint density at radius 1 is 1.21 bits per heavy atom. The molecule has 1 aromatic carbocycles. The SMILES string of the molecule is CCC(C)(C)NC(=O)COC(=O)c1nn(-c2ccccc2)nc1C. The van der Waals surface area contributed by atoms with Crippen molar-refractivity contribution in [2.24, 2.45) is 0 Å². The topological polar surface area (TPSA) is 86.1 Å². The Balaban J connectivity index is 2.01. The second-order valence-corrected chi connectivity index (χ2v) is 6.12. The summed E-state index contributed by atoms with van der Waals surface area (Å²) in [6.07, 6.45) is 0.775. The summed E-state index contributed by atoms with van der Waals surface area (Å²) in [6.45, 7) is 7.10. The zero-order chi connectivity index (χ0) is 17.7. The first-order chi connectivity index (χ1) is 11.3. The summed E-state index contributed by atoms with van der Waals surface area (Å²) < 4.78 is 5.04. The van der Waals surface area contributed by atoms with E-state index in [9.17, 15) is 9.59 Å². The maximum absolute atomic E-state index is 12.1. The number of hydrogen-bond donors (Lipinski definition) is 1. The predicted molar refractivity (Wildman–Crippen MR) is 88.9 cm³/mol. The maximum atomic E-state index is 12.1. The number of ether oxygens (including phenoxy) is 1. The van der Waals surface area contributed by atoms with Gasteiger partial charge >= 0.3 is 5.97 Å². The third kappa shape index (κ3) is 4.41. The molecule has 128 valence electrons. The smallest absolute Gasteiger partial charge is 0.361 e. The van der Waals surface area contributed by atoms with E-state index in [1.165, 1.54) is 4.80 Å². The molecule has 0 unspecified atom stereocenters. The molecule has 1 amide bonds. The van der Waals surface area contributed by atoms with Crippen LogP contribution in [0.2, 0.25) is 0 Å². The van der Waals surface area contributed by atoms with Crippen molar-refractivity contribution in [3.05, 3.63) is 41.7 Å². The molecule has 1 heterocycles. The Kier molecular flexibility index (Phi) is 5.33. The number of hydrogen-bond acceptors (Lipinski definition) is 5. The first kappa shape index (κ1) is 17.7. The monoisotopic (exact) mass is 330 g/mol. The van der Waals surface area contributed by atoms with Crippen LogP contribution in [0, 0.1) is 6.92 Å². The minimum atomic E-state index is -0.667. The molecule has 0 bridgehead atoms. The predicted octanol–water partition coefficient (Wildman–Crippen LogP) is 2.04. The lowest BCUT2D eigenvalue weighted by Crippen LogP contribution is -2.44. The van der Waals surface area contributed by atoms with Crippen LogP contribution in [0.25, 0.3) is 5.69 Å². The van der Waals surface area contributed by atoms with Gasteiger partial charge in [0.25, 0.3) is 5.91 Å². The number of aromatic nitrogens is 3. The van der Waals surface area contributed by atoms with Crippen molar-refractivity contribution < 1.29 is 14.3 Å². The fourth-order valence-corrected chi connectivity index (χ4v) is 1.95. The van der Waals surface area contributed by atoms with Gasteiger partial charge in [-0.15, -0.1) is 5.10 Å². The summed E-state index contributed by atoms with van der Waals surface area (Å²) in [5.74, 6) is -1.01. The highest BCUT2D eigenvalue weighted by molar-refractivity contribution is 5.90. The number of nitrogens with zero attached hydrogens (tertiary/aromatic N) is 3. The summed E-state index contributed by atoms with van der Waals surface area (Å²) in [6, 6.07) is 9.24. The molecule has 0 saturated heterocycles. The number of amides is 1. The third-order valence-electron chi connectivity index (χ3n) is 3.66. The first-order valence-corrected chi connectivity index (χ1v) is 7.80. The first-order valence-electron chi connectivity index (χ1n) is 7.80. The lowest BCUT2D eigenvalue weighted by molar-refractivity contribution is -0.125. The van der Waals surface area contributed by atoms with Crippen molar-refractivity contribution >= 4 is 11.9 Å². The largest absolute Gasteiger partial charge is 0.451 e. The van der Waals surface area contributed by atoms with Crippen LogP contribution in [0.4, 0.5) is 0 Å². The zero-order valence-corrected chi connectivity index (χ0v) is 14.4. The van der Waals surface area contributed by atoms with Gasteiger partial charge in [0.2, 0.25) is 0 Å². The van der Waals surface area contributed by atoms with Gasteiger partial charge in [0, 0.05) is 5.54 Å². The molecule has 0 saturated carbocycles. The molecule has 0 spiro atoms. The molecule has 2 aromatic rings. The van der Waals surface area contributed by atoms with Gasteiger partial charge in [-0.2, -0.15) is 9.90 Å². The molecular formula is C17H22N4O3. The quantitative estimate of drug-likeness (QED) is 0.819. The number of rotatable bonds is 6. The van der Waals surface area contributed by atoms with Gasteiger partial charge < -0.3 is 10.1 Å². The third-order valence-corrected chi connectivity index (χ3v) is 3.66. The molecule has 0 aliphatic heterocycles. The lowest BCUT2D eigenvalue weighted by atomic mass is 10.0. The van der Waals surface area contributed by atoms with Crippen molar-refractivity contribution in [2.75, 3.05) is 6.61 Å². The normalized spacial score (nSPS) is 11.2. The second-order valence-electron chi connectivity index (χ2n) is 6.12. The molecule has 2 rings (SSSR count). The van der Waals surface area contributed by atoms with Gasteiger partial charge in [-0.3, -0.25) is 4.79 Å². The van der Waals surface area contributed by atoms with Crippen LogP contribution in [0.1, 0.15) is 43.4 Å².